The van der Waals surface area contributed by atoms with Crippen LogP contribution in [-0.4, -0.2) is 17.7 Å². The van der Waals surface area contributed by atoms with Crippen LogP contribution in [0.1, 0.15) is 17.3 Å². The second-order valence-electron chi connectivity index (χ2n) is 2.60. The lowest BCUT2D eigenvalue weighted by Crippen LogP contribution is -2.07. The monoisotopic (exact) mass is 220 g/mol. The van der Waals surface area contributed by atoms with Crippen LogP contribution in [0.5, 0.6) is 5.75 Å². The molecule has 0 unspecified atom stereocenters. The maximum atomic E-state index is 13.1. The molecule has 1 aromatic carbocycles. The van der Waals surface area contributed by atoms with Gasteiger partial charge in [-0.15, -0.1) is 0 Å². The molecular weight excluding hydrogens is 213 g/mol. The molecule has 0 spiro atoms. The summed E-state index contributed by atoms with van der Waals surface area (Å²) in [6.07, 6.45) is 0. The molecule has 0 heterocycles. The first-order valence-corrected chi connectivity index (χ1v) is 4.02. The molecular formula is C9H7F3O3. The normalized spacial score (nSPS) is 10.1. The summed E-state index contributed by atoms with van der Waals surface area (Å²) in [5, 5.41) is 8.42. The lowest BCUT2D eigenvalue weighted by molar-refractivity contribution is 0.0689. The van der Waals surface area contributed by atoms with Gasteiger partial charge in [0.15, 0.2) is 17.4 Å². The zero-order valence-corrected chi connectivity index (χ0v) is 7.68. The zero-order valence-electron chi connectivity index (χ0n) is 7.68. The fourth-order valence-corrected chi connectivity index (χ4v) is 1.01. The maximum absolute atomic E-state index is 13.1. The van der Waals surface area contributed by atoms with Crippen molar-refractivity contribution < 1.29 is 27.8 Å². The van der Waals surface area contributed by atoms with E-state index in [1.807, 2.05) is 0 Å². The average Bonchev–Trinajstić information content (AvgIpc) is 2.18. The van der Waals surface area contributed by atoms with Crippen LogP contribution in [0, 0.1) is 17.5 Å². The highest BCUT2D eigenvalue weighted by Gasteiger charge is 2.23. The number of hydrogen-bond acceptors (Lipinski definition) is 2. The molecule has 0 radical (unpaired) electrons. The molecule has 1 N–H and O–H groups in total. The average molecular weight is 220 g/mol. The number of carboxylic acids is 1. The molecule has 0 bridgehead atoms. The zero-order chi connectivity index (χ0) is 11.6. The van der Waals surface area contributed by atoms with Gasteiger partial charge in [-0.2, -0.15) is 4.39 Å². The molecule has 0 amide bonds. The molecule has 6 heteroatoms. The van der Waals surface area contributed by atoms with Crippen LogP contribution < -0.4 is 4.74 Å². The first-order chi connectivity index (χ1) is 6.99. The second kappa shape index (κ2) is 4.20. The summed E-state index contributed by atoms with van der Waals surface area (Å²) in [5.41, 5.74) is -1.06. The Morgan fingerprint density at radius 3 is 2.47 bits per heavy atom. The fourth-order valence-electron chi connectivity index (χ4n) is 1.01. The van der Waals surface area contributed by atoms with Crippen molar-refractivity contribution in [1.29, 1.82) is 0 Å². The minimum absolute atomic E-state index is 0.0559. The third-order valence-electron chi connectivity index (χ3n) is 1.64. The van der Waals surface area contributed by atoms with Gasteiger partial charge in [0.05, 0.1) is 6.61 Å². The number of rotatable bonds is 3. The van der Waals surface area contributed by atoms with E-state index in [4.69, 9.17) is 5.11 Å². The van der Waals surface area contributed by atoms with Crippen LogP contribution in [0.15, 0.2) is 6.07 Å². The van der Waals surface area contributed by atoms with E-state index in [1.165, 1.54) is 6.92 Å². The highest BCUT2D eigenvalue weighted by molar-refractivity contribution is 5.88. The summed E-state index contributed by atoms with van der Waals surface area (Å²) < 4.78 is 43.6. The van der Waals surface area contributed by atoms with Crippen molar-refractivity contribution in [2.75, 3.05) is 6.61 Å². The number of hydrogen-bond donors (Lipinski definition) is 1. The summed E-state index contributed by atoms with van der Waals surface area (Å²) in [6.45, 7) is 1.40. The fraction of sp³-hybridized carbons (Fsp3) is 0.222. The number of ether oxygens (including phenoxy) is 1. The topological polar surface area (TPSA) is 46.5 Å². The molecule has 0 saturated carbocycles. The number of carbonyl (C=O) groups is 1. The maximum Gasteiger partial charge on any atom is 0.338 e. The van der Waals surface area contributed by atoms with E-state index in [-0.39, 0.29) is 6.61 Å². The Kier molecular flexibility index (Phi) is 3.18. The Morgan fingerprint density at radius 2 is 2.00 bits per heavy atom. The highest BCUT2D eigenvalue weighted by Crippen LogP contribution is 2.26. The molecule has 0 atom stereocenters. The Balaban J connectivity index is 3.37. The van der Waals surface area contributed by atoms with Gasteiger partial charge < -0.3 is 9.84 Å². The predicted molar refractivity (Wildman–Crippen MR) is 44.4 cm³/mol. The van der Waals surface area contributed by atoms with Crippen LogP contribution in [0.4, 0.5) is 13.2 Å². The van der Waals surface area contributed by atoms with E-state index < -0.39 is 34.7 Å². The quantitative estimate of drug-likeness (QED) is 0.794. The van der Waals surface area contributed by atoms with Crippen LogP contribution in [0.25, 0.3) is 0 Å². The van der Waals surface area contributed by atoms with Gasteiger partial charge in [-0.25, -0.2) is 13.6 Å². The molecule has 0 saturated heterocycles. The number of halogens is 3. The van der Waals surface area contributed by atoms with Crippen molar-refractivity contribution in [3.05, 3.63) is 29.1 Å². The van der Waals surface area contributed by atoms with Gasteiger partial charge in [-0.05, 0) is 13.0 Å². The first-order valence-electron chi connectivity index (χ1n) is 4.02. The van der Waals surface area contributed by atoms with Crippen molar-refractivity contribution in [1.82, 2.24) is 0 Å². The van der Waals surface area contributed by atoms with Crippen LogP contribution in [0.3, 0.4) is 0 Å². The van der Waals surface area contributed by atoms with Gasteiger partial charge >= 0.3 is 5.97 Å². The van der Waals surface area contributed by atoms with Crippen LogP contribution in [0.2, 0.25) is 0 Å². The van der Waals surface area contributed by atoms with Gasteiger partial charge in [-0.1, -0.05) is 0 Å². The van der Waals surface area contributed by atoms with Gasteiger partial charge in [0.1, 0.15) is 5.56 Å². The van der Waals surface area contributed by atoms with Crippen molar-refractivity contribution in [3.8, 4) is 5.75 Å². The standard InChI is InChI=1S/C9H7F3O3/c1-2-15-8-5(10)3-4(9(13)14)6(11)7(8)12/h3H,2H2,1H3,(H,13,14). The summed E-state index contributed by atoms with van der Waals surface area (Å²) in [7, 11) is 0. The molecule has 0 aliphatic rings. The summed E-state index contributed by atoms with van der Waals surface area (Å²) in [4.78, 5) is 10.4. The van der Waals surface area contributed by atoms with Gasteiger partial charge in [0, 0.05) is 0 Å². The Hall–Kier alpha value is -1.72. The molecule has 0 aromatic heterocycles. The Labute approximate surface area is 83.1 Å². The van der Waals surface area contributed by atoms with Crippen LogP contribution >= 0.6 is 0 Å². The molecule has 82 valence electrons. The molecule has 1 rings (SSSR count). The minimum atomic E-state index is -1.74. The second-order valence-corrected chi connectivity index (χ2v) is 2.60. The summed E-state index contributed by atoms with van der Waals surface area (Å²) >= 11 is 0. The smallest absolute Gasteiger partial charge is 0.338 e. The number of carboxylic acid groups (broad SMARTS) is 1. The lowest BCUT2D eigenvalue weighted by Gasteiger charge is -2.07. The van der Waals surface area contributed by atoms with E-state index in [1.54, 1.807) is 0 Å². The molecule has 0 fully saturated rings. The third kappa shape index (κ3) is 2.03. The summed E-state index contributed by atoms with van der Waals surface area (Å²) in [5.74, 6) is -7.15. The van der Waals surface area contributed by atoms with Gasteiger partial charge in [0.25, 0.3) is 0 Å². The highest BCUT2D eigenvalue weighted by atomic mass is 19.2. The van der Waals surface area contributed by atoms with Crippen molar-refractivity contribution in [2.45, 2.75) is 6.92 Å². The van der Waals surface area contributed by atoms with Gasteiger partial charge in [0.2, 0.25) is 5.82 Å². The number of aromatic carboxylic acids is 1. The predicted octanol–water partition coefficient (Wildman–Crippen LogP) is 2.20. The Morgan fingerprint density at radius 1 is 1.40 bits per heavy atom. The number of benzene rings is 1. The molecule has 15 heavy (non-hydrogen) atoms. The Bertz CT molecular complexity index is 404. The first kappa shape index (κ1) is 11.4. The van der Waals surface area contributed by atoms with Crippen molar-refractivity contribution in [3.63, 3.8) is 0 Å². The van der Waals surface area contributed by atoms with E-state index >= 15 is 0 Å². The van der Waals surface area contributed by atoms with E-state index in [9.17, 15) is 18.0 Å². The van der Waals surface area contributed by atoms with E-state index in [0.29, 0.717) is 6.07 Å². The molecule has 1 aromatic rings. The lowest BCUT2D eigenvalue weighted by atomic mass is 10.2. The van der Waals surface area contributed by atoms with E-state index in [2.05, 4.69) is 4.74 Å². The molecule has 3 nitrogen and oxygen atoms in total. The largest absolute Gasteiger partial charge is 0.488 e. The third-order valence-corrected chi connectivity index (χ3v) is 1.64. The molecule has 0 aliphatic heterocycles. The molecule has 0 aliphatic carbocycles. The summed E-state index contributed by atoms with van der Waals surface area (Å²) in [6, 6.07) is 0.381. The van der Waals surface area contributed by atoms with Crippen molar-refractivity contribution >= 4 is 5.97 Å². The minimum Gasteiger partial charge on any atom is -0.488 e. The van der Waals surface area contributed by atoms with Gasteiger partial charge in [-0.3, -0.25) is 0 Å². The van der Waals surface area contributed by atoms with Crippen LogP contribution in [-0.2, 0) is 0 Å². The van der Waals surface area contributed by atoms with Crippen molar-refractivity contribution in [2.24, 2.45) is 0 Å². The van der Waals surface area contributed by atoms with E-state index in [0.717, 1.165) is 0 Å². The SMILES string of the molecule is CCOc1c(F)cc(C(=O)O)c(F)c1F.